The first-order valence-corrected chi connectivity index (χ1v) is 11.1. The summed E-state index contributed by atoms with van der Waals surface area (Å²) < 4.78 is 1.94. The van der Waals surface area contributed by atoms with Crippen LogP contribution in [0.15, 0.2) is 55.1 Å². The van der Waals surface area contributed by atoms with Crippen LogP contribution in [0, 0.1) is 0 Å². The third-order valence-corrected chi connectivity index (χ3v) is 5.86. The van der Waals surface area contributed by atoms with Crippen LogP contribution in [0.4, 0.5) is 5.82 Å². The number of nitrogens with zero attached hydrogens (tertiary/aromatic N) is 6. The van der Waals surface area contributed by atoms with Gasteiger partial charge in [-0.05, 0) is 30.2 Å². The SMILES string of the molecule is NC(=O)c1ccc(-c2nc(NCc3cccnc3)c3ncn(CCN4CCCC4=O)c3n2)cc1. The number of likely N-dealkylation sites (tertiary alicyclic amines) is 1. The fraction of sp³-hybridized carbons (Fsp3) is 0.250. The number of amides is 2. The smallest absolute Gasteiger partial charge is 0.248 e. The molecule has 5 rings (SSSR count). The summed E-state index contributed by atoms with van der Waals surface area (Å²) in [6.45, 7) is 2.50. The summed E-state index contributed by atoms with van der Waals surface area (Å²) in [4.78, 5) is 43.6. The topological polar surface area (TPSA) is 132 Å². The molecule has 0 radical (unpaired) electrons. The zero-order chi connectivity index (χ0) is 23.5. The summed E-state index contributed by atoms with van der Waals surface area (Å²) >= 11 is 0. The van der Waals surface area contributed by atoms with Crippen LogP contribution in [0.3, 0.4) is 0 Å². The molecule has 4 heterocycles. The van der Waals surface area contributed by atoms with Crippen molar-refractivity contribution < 1.29 is 9.59 Å². The molecule has 0 unspecified atom stereocenters. The summed E-state index contributed by atoms with van der Waals surface area (Å²) in [5, 5.41) is 3.36. The van der Waals surface area contributed by atoms with Crippen molar-refractivity contribution in [3.8, 4) is 11.4 Å². The van der Waals surface area contributed by atoms with E-state index in [1.165, 1.54) is 0 Å². The molecule has 0 bridgehead atoms. The van der Waals surface area contributed by atoms with Gasteiger partial charge in [-0.2, -0.15) is 0 Å². The number of rotatable bonds is 8. The minimum absolute atomic E-state index is 0.188. The Balaban J connectivity index is 1.49. The van der Waals surface area contributed by atoms with E-state index in [4.69, 9.17) is 15.7 Å². The summed E-state index contributed by atoms with van der Waals surface area (Å²) in [5.74, 6) is 0.791. The molecule has 1 saturated heterocycles. The zero-order valence-corrected chi connectivity index (χ0v) is 18.5. The number of primary amides is 1. The maximum absolute atomic E-state index is 12.0. The van der Waals surface area contributed by atoms with E-state index in [1.54, 1.807) is 43.0 Å². The molecule has 1 aliphatic heterocycles. The number of carbonyl (C=O) groups is 2. The van der Waals surface area contributed by atoms with Crippen molar-refractivity contribution in [3.63, 3.8) is 0 Å². The predicted molar refractivity (Wildman–Crippen MR) is 127 cm³/mol. The van der Waals surface area contributed by atoms with Crippen molar-refractivity contribution >= 4 is 28.8 Å². The van der Waals surface area contributed by atoms with Gasteiger partial charge in [0.05, 0.1) is 6.33 Å². The number of nitrogens with one attached hydrogen (secondary N) is 1. The lowest BCUT2D eigenvalue weighted by Gasteiger charge is -2.16. The number of hydrogen-bond acceptors (Lipinski definition) is 7. The first-order valence-electron chi connectivity index (χ1n) is 11.1. The molecule has 10 heteroatoms. The number of pyridine rings is 1. The van der Waals surface area contributed by atoms with Crippen LogP contribution < -0.4 is 11.1 Å². The molecule has 2 amide bonds. The lowest BCUT2D eigenvalue weighted by Crippen LogP contribution is -2.28. The quantitative estimate of drug-likeness (QED) is 0.415. The highest BCUT2D eigenvalue weighted by Gasteiger charge is 2.21. The first kappa shape index (κ1) is 21.5. The molecular formula is C24H24N8O2. The molecule has 0 aliphatic carbocycles. The van der Waals surface area contributed by atoms with Gasteiger partial charge in [-0.25, -0.2) is 15.0 Å². The lowest BCUT2D eigenvalue weighted by molar-refractivity contribution is -0.127. The standard InChI is InChI=1S/C24H24N8O2/c25-21(34)17-5-7-18(8-6-17)22-29-23(27-14-16-3-1-9-26-13-16)20-24(30-22)32(15-28-20)12-11-31-10-2-4-19(31)33/h1,3,5-9,13,15H,2,4,10-12,14H2,(H2,25,34)(H,27,29,30). The van der Waals surface area contributed by atoms with Crippen LogP contribution in [-0.2, 0) is 17.9 Å². The molecule has 10 nitrogen and oxygen atoms in total. The molecule has 1 fully saturated rings. The highest BCUT2D eigenvalue weighted by atomic mass is 16.2. The third-order valence-electron chi connectivity index (χ3n) is 5.86. The number of carbonyl (C=O) groups excluding carboxylic acids is 2. The van der Waals surface area contributed by atoms with E-state index < -0.39 is 5.91 Å². The maximum atomic E-state index is 12.0. The molecular weight excluding hydrogens is 432 g/mol. The third kappa shape index (κ3) is 4.42. The van der Waals surface area contributed by atoms with Crippen molar-refractivity contribution in [1.29, 1.82) is 0 Å². The van der Waals surface area contributed by atoms with Crippen molar-refractivity contribution in [1.82, 2.24) is 29.4 Å². The van der Waals surface area contributed by atoms with Crippen molar-refractivity contribution in [2.45, 2.75) is 25.9 Å². The van der Waals surface area contributed by atoms with Crippen LogP contribution in [0.25, 0.3) is 22.6 Å². The van der Waals surface area contributed by atoms with E-state index >= 15 is 0 Å². The Kier molecular flexibility index (Phi) is 5.86. The highest BCUT2D eigenvalue weighted by molar-refractivity contribution is 5.93. The van der Waals surface area contributed by atoms with Crippen LogP contribution in [0.2, 0.25) is 0 Å². The van der Waals surface area contributed by atoms with Gasteiger partial charge in [0.25, 0.3) is 0 Å². The monoisotopic (exact) mass is 456 g/mol. The van der Waals surface area contributed by atoms with E-state index in [1.807, 2.05) is 21.6 Å². The van der Waals surface area contributed by atoms with E-state index in [-0.39, 0.29) is 5.91 Å². The van der Waals surface area contributed by atoms with Crippen LogP contribution in [0.5, 0.6) is 0 Å². The second-order valence-corrected chi connectivity index (χ2v) is 8.15. The molecule has 0 spiro atoms. The Hall–Kier alpha value is -4.34. The average Bonchev–Trinajstić information content (AvgIpc) is 3.47. The summed E-state index contributed by atoms with van der Waals surface area (Å²) in [5.41, 5.74) is 8.86. The number of hydrogen-bond donors (Lipinski definition) is 2. The first-order chi connectivity index (χ1) is 16.6. The number of fused-ring (bicyclic) bond motifs is 1. The lowest BCUT2D eigenvalue weighted by atomic mass is 10.1. The summed E-state index contributed by atoms with van der Waals surface area (Å²) in [6.07, 6.45) is 6.77. The van der Waals surface area contributed by atoms with Crippen LogP contribution in [-0.4, -0.2) is 54.3 Å². The number of imidazole rings is 1. The Morgan fingerprint density at radius 1 is 1.12 bits per heavy atom. The number of benzene rings is 1. The number of aromatic nitrogens is 5. The van der Waals surface area contributed by atoms with Crippen LogP contribution in [0.1, 0.15) is 28.8 Å². The van der Waals surface area contributed by atoms with Crippen LogP contribution >= 0.6 is 0 Å². The van der Waals surface area contributed by atoms with Gasteiger partial charge in [-0.3, -0.25) is 14.6 Å². The number of anilines is 1. The van der Waals surface area contributed by atoms with Gasteiger partial charge in [0.1, 0.15) is 5.52 Å². The fourth-order valence-corrected chi connectivity index (χ4v) is 4.00. The Morgan fingerprint density at radius 3 is 2.68 bits per heavy atom. The van der Waals surface area contributed by atoms with Gasteiger partial charge >= 0.3 is 0 Å². The second-order valence-electron chi connectivity index (χ2n) is 8.15. The second kappa shape index (κ2) is 9.26. The van der Waals surface area contributed by atoms with Gasteiger partial charge in [0.15, 0.2) is 17.3 Å². The predicted octanol–water partition coefficient (Wildman–Crippen LogP) is 2.22. The molecule has 172 valence electrons. The zero-order valence-electron chi connectivity index (χ0n) is 18.5. The Morgan fingerprint density at radius 2 is 1.97 bits per heavy atom. The number of nitrogens with two attached hydrogens (primary N) is 1. The van der Waals surface area contributed by atoms with Gasteiger partial charge in [-0.1, -0.05) is 18.2 Å². The Bertz CT molecular complexity index is 1330. The Labute approximate surface area is 195 Å². The minimum atomic E-state index is -0.490. The normalized spacial score (nSPS) is 13.5. The van der Waals surface area contributed by atoms with E-state index in [2.05, 4.69) is 15.3 Å². The molecule has 3 aromatic heterocycles. The van der Waals surface area contributed by atoms with Crippen molar-refractivity contribution in [3.05, 3.63) is 66.2 Å². The van der Waals surface area contributed by atoms with E-state index in [9.17, 15) is 9.59 Å². The molecule has 1 aliphatic rings. The van der Waals surface area contributed by atoms with Gasteiger partial charge in [-0.15, -0.1) is 0 Å². The van der Waals surface area contributed by atoms with E-state index in [0.717, 1.165) is 24.1 Å². The fourth-order valence-electron chi connectivity index (χ4n) is 4.00. The molecule has 0 saturated carbocycles. The molecule has 4 aromatic rings. The maximum Gasteiger partial charge on any atom is 0.248 e. The largest absolute Gasteiger partial charge is 0.366 e. The molecule has 0 atom stereocenters. The van der Waals surface area contributed by atoms with Gasteiger partial charge in [0, 0.05) is 56.1 Å². The van der Waals surface area contributed by atoms with E-state index in [0.29, 0.717) is 54.4 Å². The van der Waals surface area contributed by atoms with Gasteiger partial charge < -0.3 is 20.5 Å². The average molecular weight is 457 g/mol. The summed E-state index contributed by atoms with van der Waals surface area (Å²) in [6, 6.07) is 10.7. The van der Waals surface area contributed by atoms with Crippen molar-refractivity contribution in [2.75, 3.05) is 18.4 Å². The van der Waals surface area contributed by atoms with Gasteiger partial charge in [0.2, 0.25) is 11.8 Å². The molecule has 3 N–H and O–H groups in total. The molecule has 1 aromatic carbocycles. The molecule has 34 heavy (non-hydrogen) atoms. The summed E-state index contributed by atoms with van der Waals surface area (Å²) in [7, 11) is 0. The van der Waals surface area contributed by atoms with Crippen molar-refractivity contribution in [2.24, 2.45) is 5.73 Å². The highest BCUT2D eigenvalue weighted by Crippen LogP contribution is 2.25. The minimum Gasteiger partial charge on any atom is -0.366 e.